The van der Waals surface area contributed by atoms with Gasteiger partial charge in [0.25, 0.3) is 0 Å². The first-order valence-electron chi connectivity index (χ1n) is 3.02. The van der Waals surface area contributed by atoms with E-state index in [0.717, 1.165) is 13.0 Å². The van der Waals surface area contributed by atoms with Gasteiger partial charge in [-0.15, -0.1) is 0 Å². The van der Waals surface area contributed by atoms with Crippen LogP contribution in [0.2, 0.25) is 0 Å². The van der Waals surface area contributed by atoms with Gasteiger partial charge in [-0.3, -0.25) is 0 Å². The number of hydrogen-bond acceptors (Lipinski definition) is 3. The van der Waals surface area contributed by atoms with Crippen LogP contribution in [0.5, 0.6) is 0 Å². The molecule has 0 aromatic heterocycles. The molecule has 1 atom stereocenters. The molecule has 0 aromatic rings. The molecule has 0 aliphatic heterocycles. The molecular formula is C6H14N2O. The molecule has 3 nitrogen and oxygen atoms in total. The molecule has 0 aliphatic rings. The Morgan fingerprint density at radius 1 is 1.78 bits per heavy atom. The predicted octanol–water partition coefficient (Wildman–Crippen LogP) is 0.617. The van der Waals surface area contributed by atoms with Crippen LogP contribution in [-0.2, 0) is 4.74 Å². The summed E-state index contributed by atoms with van der Waals surface area (Å²) in [6.07, 6.45) is 1.27. The van der Waals surface area contributed by atoms with Crippen molar-refractivity contribution >= 4 is 6.72 Å². The number of methoxy groups -OCH3 is 1. The third-order valence-electron chi connectivity index (χ3n) is 1.18. The van der Waals surface area contributed by atoms with Crippen LogP contribution in [0.15, 0.2) is 5.10 Å². The second-order valence-corrected chi connectivity index (χ2v) is 1.90. The smallest absolute Gasteiger partial charge is 0.0560 e. The number of rotatable bonds is 5. The van der Waals surface area contributed by atoms with Gasteiger partial charge in [0.2, 0.25) is 0 Å². The normalized spacial score (nSPS) is 12.7. The summed E-state index contributed by atoms with van der Waals surface area (Å²) in [4.78, 5) is 0. The van der Waals surface area contributed by atoms with E-state index >= 15 is 0 Å². The average Bonchev–Trinajstić information content (AvgIpc) is 1.89. The number of hydrogen-bond donors (Lipinski definition) is 1. The fourth-order valence-electron chi connectivity index (χ4n) is 0.465. The number of hydrazone groups is 1. The summed E-state index contributed by atoms with van der Waals surface area (Å²) in [5.74, 6) is 0. The SMILES string of the molecule is C=NNCCC(C)OC. The van der Waals surface area contributed by atoms with Crippen molar-refractivity contribution in [3.8, 4) is 0 Å². The number of ether oxygens (including phenoxy) is 1. The maximum Gasteiger partial charge on any atom is 0.0560 e. The molecule has 1 unspecified atom stereocenters. The minimum atomic E-state index is 0.305. The van der Waals surface area contributed by atoms with Gasteiger partial charge in [-0.25, -0.2) is 0 Å². The van der Waals surface area contributed by atoms with Crippen LogP contribution in [0.4, 0.5) is 0 Å². The predicted molar refractivity (Wildman–Crippen MR) is 38.6 cm³/mol. The van der Waals surface area contributed by atoms with Crippen LogP contribution in [-0.4, -0.2) is 26.5 Å². The highest BCUT2D eigenvalue weighted by molar-refractivity contribution is 5.22. The molecule has 9 heavy (non-hydrogen) atoms. The van der Waals surface area contributed by atoms with E-state index in [4.69, 9.17) is 4.74 Å². The molecule has 0 aromatic carbocycles. The fraction of sp³-hybridized carbons (Fsp3) is 0.833. The summed E-state index contributed by atoms with van der Waals surface area (Å²) in [7, 11) is 1.70. The monoisotopic (exact) mass is 130 g/mol. The lowest BCUT2D eigenvalue weighted by Gasteiger charge is -2.07. The van der Waals surface area contributed by atoms with Crippen LogP contribution in [0, 0.1) is 0 Å². The minimum absolute atomic E-state index is 0.305. The van der Waals surface area contributed by atoms with Gasteiger partial charge in [-0.2, -0.15) is 5.10 Å². The topological polar surface area (TPSA) is 33.6 Å². The number of nitrogens with one attached hydrogen (secondary N) is 1. The Bertz CT molecular complexity index is 75.5. The Kier molecular flexibility index (Phi) is 5.21. The maximum absolute atomic E-state index is 4.99. The lowest BCUT2D eigenvalue weighted by atomic mass is 10.3. The highest BCUT2D eigenvalue weighted by atomic mass is 16.5. The Morgan fingerprint density at radius 3 is 2.89 bits per heavy atom. The van der Waals surface area contributed by atoms with Gasteiger partial charge in [-0.1, -0.05) is 0 Å². The lowest BCUT2D eigenvalue weighted by molar-refractivity contribution is 0.111. The summed E-state index contributed by atoms with van der Waals surface area (Å²) >= 11 is 0. The molecule has 0 aliphatic carbocycles. The van der Waals surface area contributed by atoms with Gasteiger partial charge >= 0.3 is 0 Å². The first kappa shape index (κ1) is 8.43. The van der Waals surface area contributed by atoms with Gasteiger partial charge < -0.3 is 10.2 Å². The Hall–Kier alpha value is -0.570. The lowest BCUT2D eigenvalue weighted by Crippen LogP contribution is -2.14. The number of nitrogens with zero attached hydrogens (tertiary/aromatic N) is 1. The van der Waals surface area contributed by atoms with Crippen LogP contribution in [0.3, 0.4) is 0 Å². The molecule has 0 amide bonds. The molecule has 0 bridgehead atoms. The summed E-state index contributed by atoms with van der Waals surface area (Å²) in [5.41, 5.74) is 2.75. The largest absolute Gasteiger partial charge is 0.382 e. The summed E-state index contributed by atoms with van der Waals surface area (Å²) in [6, 6.07) is 0. The van der Waals surface area contributed by atoms with Crippen LogP contribution < -0.4 is 5.43 Å². The molecule has 0 spiro atoms. The molecular weight excluding hydrogens is 116 g/mol. The van der Waals surface area contributed by atoms with Gasteiger partial charge in [0, 0.05) is 20.4 Å². The molecule has 0 rings (SSSR count). The summed E-state index contributed by atoms with van der Waals surface area (Å²) < 4.78 is 4.99. The standard InChI is InChI=1S/C6H14N2O/c1-6(9-3)4-5-8-7-2/h6,8H,2,4-5H2,1,3H3. The first-order valence-corrected chi connectivity index (χ1v) is 3.02. The second-order valence-electron chi connectivity index (χ2n) is 1.90. The van der Waals surface area contributed by atoms with Gasteiger partial charge in [0.1, 0.15) is 0 Å². The molecule has 0 heterocycles. The minimum Gasteiger partial charge on any atom is -0.382 e. The van der Waals surface area contributed by atoms with Crippen molar-refractivity contribution in [1.29, 1.82) is 0 Å². The van der Waals surface area contributed by atoms with Gasteiger partial charge in [-0.05, 0) is 13.3 Å². The van der Waals surface area contributed by atoms with E-state index in [0.29, 0.717) is 6.10 Å². The molecule has 3 heteroatoms. The van der Waals surface area contributed by atoms with Gasteiger partial charge in [0.15, 0.2) is 0 Å². The van der Waals surface area contributed by atoms with Crippen LogP contribution >= 0.6 is 0 Å². The van der Waals surface area contributed by atoms with E-state index in [2.05, 4.69) is 17.2 Å². The van der Waals surface area contributed by atoms with Gasteiger partial charge in [0.05, 0.1) is 6.10 Å². The van der Waals surface area contributed by atoms with E-state index in [1.807, 2.05) is 6.92 Å². The Labute approximate surface area is 56.1 Å². The molecule has 0 saturated carbocycles. The second kappa shape index (κ2) is 5.56. The molecule has 0 radical (unpaired) electrons. The molecule has 54 valence electrons. The quantitative estimate of drug-likeness (QED) is 0.336. The van der Waals surface area contributed by atoms with E-state index in [-0.39, 0.29) is 0 Å². The van der Waals surface area contributed by atoms with E-state index in [1.54, 1.807) is 7.11 Å². The van der Waals surface area contributed by atoms with Crippen molar-refractivity contribution < 1.29 is 4.74 Å². The van der Waals surface area contributed by atoms with Crippen LogP contribution in [0.25, 0.3) is 0 Å². The van der Waals surface area contributed by atoms with E-state index in [9.17, 15) is 0 Å². The van der Waals surface area contributed by atoms with Crippen LogP contribution in [0.1, 0.15) is 13.3 Å². The zero-order chi connectivity index (χ0) is 7.11. The average molecular weight is 130 g/mol. The third-order valence-corrected chi connectivity index (χ3v) is 1.18. The first-order chi connectivity index (χ1) is 4.31. The molecule has 0 saturated heterocycles. The summed E-state index contributed by atoms with van der Waals surface area (Å²) in [6.45, 7) is 6.13. The Balaban J connectivity index is 2.96. The van der Waals surface area contributed by atoms with Crippen molar-refractivity contribution in [3.63, 3.8) is 0 Å². The van der Waals surface area contributed by atoms with Crippen molar-refractivity contribution in [3.05, 3.63) is 0 Å². The van der Waals surface area contributed by atoms with Crippen molar-refractivity contribution in [2.75, 3.05) is 13.7 Å². The van der Waals surface area contributed by atoms with Crippen molar-refractivity contribution in [2.45, 2.75) is 19.4 Å². The molecule has 1 N–H and O–H groups in total. The van der Waals surface area contributed by atoms with E-state index in [1.165, 1.54) is 0 Å². The van der Waals surface area contributed by atoms with Crippen molar-refractivity contribution in [1.82, 2.24) is 5.43 Å². The zero-order valence-electron chi connectivity index (χ0n) is 6.05. The zero-order valence-corrected chi connectivity index (χ0v) is 6.05. The third kappa shape index (κ3) is 5.30. The maximum atomic E-state index is 4.99. The fourth-order valence-corrected chi connectivity index (χ4v) is 0.465. The highest BCUT2D eigenvalue weighted by Crippen LogP contribution is 1.91. The molecule has 0 fully saturated rings. The highest BCUT2D eigenvalue weighted by Gasteiger charge is 1.95. The Morgan fingerprint density at radius 2 is 2.44 bits per heavy atom. The summed E-state index contributed by atoms with van der Waals surface area (Å²) in [5, 5.41) is 3.49. The van der Waals surface area contributed by atoms with E-state index < -0.39 is 0 Å². The van der Waals surface area contributed by atoms with Crippen molar-refractivity contribution in [2.24, 2.45) is 5.10 Å².